The lowest BCUT2D eigenvalue weighted by molar-refractivity contribution is -0.750. The summed E-state index contributed by atoms with van der Waals surface area (Å²) in [7, 11) is 0. The van der Waals surface area contributed by atoms with Crippen molar-refractivity contribution in [2.45, 2.75) is 45.6 Å². The molecule has 2 aromatic rings. The Kier molecular flexibility index (Phi) is 6.84. The normalized spacial score (nSPS) is 22.3. The first-order valence-electron chi connectivity index (χ1n) is 12.3. The van der Waals surface area contributed by atoms with Crippen LogP contribution in [0, 0.1) is 11.8 Å². The monoisotopic (exact) mass is 514 g/mol. The first kappa shape index (κ1) is 24.8. The Morgan fingerprint density at radius 3 is 2.81 bits per heavy atom. The number of aliphatic imine (C=N–C) groups is 2. The molecule has 1 saturated heterocycles. The van der Waals surface area contributed by atoms with Gasteiger partial charge in [0.15, 0.2) is 5.13 Å². The van der Waals surface area contributed by atoms with E-state index < -0.39 is 0 Å². The molecule has 0 radical (unpaired) electrons. The van der Waals surface area contributed by atoms with Gasteiger partial charge >= 0.3 is 0 Å². The highest BCUT2D eigenvalue weighted by Gasteiger charge is 2.47. The van der Waals surface area contributed by atoms with Gasteiger partial charge in [0.25, 0.3) is 17.6 Å². The van der Waals surface area contributed by atoms with Crippen LogP contribution in [-0.2, 0) is 11.2 Å². The van der Waals surface area contributed by atoms with Crippen LogP contribution in [0.5, 0.6) is 0 Å². The van der Waals surface area contributed by atoms with Crippen LogP contribution in [0.3, 0.4) is 0 Å². The lowest BCUT2D eigenvalue weighted by atomic mass is 9.98. The Labute approximate surface area is 219 Å². The molecule has 2 amide bonds. The summed E-state index contributed by atoms with van der Waals surface area (Å²) in [5.74, 6) is 12.4. The molecule has 0 spiro atoms. The Morgan fingerprint density at radius 1 is 1.27 bits per heavy atom. The molecule has 1 aromatic carbocycles. The number of aryl methyl sites for hydroxylation is 1. The first-order chi connectivity index (χ1) is 17.9. The lowest BCUT2D eigenvalue weighted by Gasteiger charge is -2.34. The number of aromatic nitrogens is 1. The summed E-state index contributed by atoms with van der Waals surface area (Å²) in [4.78, 5) is 42.0. The van der Waals surface area contributed by atoms with E-state index in [1.54, 1.807) is 48.8 Å². The van der Waals surface area contributed by atoms with E-state index in [1.165, 1.54) is 11.3 Å². The van der Waals surface area contributed by atoms with E-state index >= 15 is 0 Å². The minimum Gasteiger partial charge on any atom is -0.323 e. The Hall–Kier alpha value is -3.91. The summed E-state index contributed by atoms with van der Waals surface area (Å²) in [6, 6.07) is 6.95. The maximum Gasteiger partial charge on any atom is 0.299 e. The van der Waals surface area contributed by atoms with Crippen LogP contribution in [0.4, 0.5) is 5.13 Å². The third-order valence-corrected chi connectivity index (χ3v) is 7.72. The smallest absolute Gasteiger partial charge is 0.299 e. The molecule has 188 valence electrons. The molecule has 4 heterocycles. The number of amides is 2. The van der Waals surface area contributed by atoms with Gasteiger partial charge in [-0.25, -0.2) is 4.98 Å². The van der Waals surface area contributed by atoms with Crippen molar-refractivity contribution < 1.29 is 14.2 Å². The van der Waals surface area contributed by atoms with Crippen LogP contribution in [0.25, 0.3) is 0 Å². The van der Waals surface area contributed by atoms with E-state index in [2.05, 4.69) is 27.1 Å². The summed E-state index contributed by atoms with van der Waals surface area (Å²) in [5.41, 5.74) is 2.74. The summed E-state index contributed by atoms with van der Waals surface area (Å²) in [5, 5.41) is 3.43. The van der Waals surface area contributed by atoms with Crippen LogP contribution in [0.1, 0.15) is 53.9 Å². The topological polar surface area (TPSA) is 113 Å². The molecule has 0 bridgehead atoms. The maximum absolute atomic E-state index is 12.8. The van der Waals surface area contributed by atoms with Crippen LogP contribution in [0.2, 0.25) is 0 Å². The summed E-state index contributed by atoms with van der Waals surface area (Å²) in [6.45, 7) is 4.34. The molecule has 3 aliphatic rings. The highest BCUT2D eigenvalue weighted by Crippen LogP contribution is 2.36. The number of nitrogens with one attached hydrogen (secondary N) is 1. The third-order valence-electron chi connectivity index (χ3n) is 6.66. The number of quaternary nitrogens is 1. The van der Waals surface area contributed by atoms with Crippen molar-refractivity contribution in [1.29, 1.82) is 0 Å². The number of benzene rings is 1. The molecule has 1 fully saturated rings. The van der Waals surface area contributed by atoms with Crippen LogP contribution in [0.15, 0.2) is 64.2 Å². The predicted octanol–water partition coefficient (Wildman–Crippen LogP) is 3.58. The van der Waals surface area contributed by atoms with Gasteiger partial charge in [0.05, 0.1) is 24.0 Å². The van der Waals surface area contributed by atoms with E-state index in [-0.39, 0.29) is 22.4 Å². The summed E-state index contributed by atoms with van der Waals surface area (Å²) < 4.78 is -0.152. The van der Waals surface area contributed by atoms with Crippen molar-refractivity contribution >= 4 is 40.3 Å². The predicted molar refractivity (Wildman–Crippen MR) is 144 cm³/mol. The molecular formula is C27H28N7O2S+. The average Bonchev–Trinajstić information content (AvgIpc) is 3.50. The Morgan fingerprint density at radius 2 is 2.08 bits per heavy atom. The number of allylic oxidation sites excluding steroid dienone is 1. The van der Waals surface area contributed by atoms with Crippen molar-refractivity contribution in [2.24, 2.45) is 15.8 Å². The second-order valence-electron chi connectivity index (χ2n) is 8.96. The second-order valence-corrected chi connectivity index (χ2v) is 10.1. The minimum atomic E-state index is -0.232. The number of piperidine rings is 1. The number of hydrogen-bond donors (Lipinski definition) is 2. The number of likely N-dealkylation sites (tertiary alicyclic amines) is 1. The molecule has 37 heavy (non-hydrogen) atoms. The zero-order valence-electron chi connectivity index (χ0n) is 20.8. The zero-order chi connectivity index (χ0) is 26.0. The molecule has 0 saturated carbocycles. The molecule has 2 unspecified atom stereocenters. The van der Waals surface area contributed by atoms with Crippen LogP contribution in [-0.4, -0.2) is 50.9 Å². The standard InChI is InChI=1S/C27H27N7O2S/c1-3-7-23(35)33-14-6-5-8-21(33)24-22-17-29-13-15-34(22,28)25(31-24)18-9-11-19(12-10-18)26(36)32-27-30-16-20(4-2)37-27/h9-13,15-17,21H,4-6,8,14,28H2,1-2H3/p+1. The quantitative estimate of drug-likeness (QED) is 0.361. The summed E-state index contributed by atoms with van der Waals surface area (Å²) >= 11 is 1.47. The van der Waals surface area contributed by atoms with E-state index in [0.717, 1.165) is 47.5 Å². The Bertz CT molecular complexity index is 1420. The number of hydrogen-bond acceptors (Lipinski definition) is 7. The third kappa shape index (κ3) is 4.64. The van der Waals surface area contributed by atoms with Crippen molar-refractivity contribution in [3.05, 3.63) is 70.3 Å². The number of nitrogens with zero attached hydrogens (tertiary/aromatic N) is 5. The molecule has 3 N–H and O–H groups in total. The van der Waals surface area contributed by atoms with Gasteiger partial charge in [0.1, 0.15) is 11.9 Å². The van der Waals surface area contributed by atoms with Gasteiger partial charge in [-0.3, -0.25) is 19.9 Å². The van der Waals surface area contributed by atoms with Gasteiger partial charge in [-0.15, -0.1) is 15.9 Å². The van der Waals surface area contributed by atoms with E-state index in [1.807, 2.05) is 19.1 Å². The molecule has 5 rings (SSSR count). The fourth-order valence-electron chi connectivity index (χ4n) is 4.76. The molecule has 2 atom stereocenters. The number of rotatable bonds is 5. The number of carbonyl (C=O) groups excluding carboxylic acids is 2. The highest BCUT2D eigenvalue weighted by atomic mass is 32.1. The number of nitrogens with two attached hydrogens (primary N) is 1. The van der Waals surface area contributed by atoms with Gasteiger partial charge in [0.2, 0.25) is 5.70 Å². The molecular weight excluding hydrogens is 486 g/mol. The molecule has 0 aliphatic carbocycles. The van der Waals surface area contributed by atoms with E-state index in [0.29, 0.717) is 23.1 Å². The number of thiazole rings is 1. The fraction of sp³-hybridized carbons (Fsp3) is 0.296. The first-order valence-corrected chi connectivity index (χ1v) is 13.1. The fourth-order valence-corrected chi connectivity index (χ4v) is 5.50. The second kappa shape index (κ2) is 10.2. The number of carbonyl (C=O) groups is 2. The van der Waals surface area contributed by atoms with Gasteiger partial charge in [-0.05, 0) is 62.8 Å². The van der Waals surface area contributed by atoms with E-state index in [4.69, 9.17) is 10.8 Å². The number of fused-ring (bicyclic) bond motifs is 1. The average molecular weight is 515 g/mol. The van der Waals surface area contributed by atoms with Crippen molar-refractivity contribution in [2.75, 3.05) is 11.9 Å². The maximum atomic E-state index is 12.8. The molecule has 3 aliphatic heterocycles. The largest absolute Gasteiger partial charge is 0.323 e. The number of anilines is 1. The van der Waals surface area contributed by atoms with E-state index in [9.17, 15) is 9.59 Å². The molecule has 10 heteroatoms. The van der Waals surface area contributed by atoms with Crippen LogP contribution < -0.4 is 11.2 Å². The van der Waals surface area contributed by atoms with Gasteiger partial charge in [-0.1, -0.05) is 12.8 Å². The summed E-state index contributed by atoms with van der Waals surface area (Å²) in [6.07, 6.45) is 10.5. The highest BCUT2D eigenvalue weighted by molar-refractivity contribution is 7.15. The number of amidine groups is 1. The molecule has 9 nitrogen and oxygen atoms in total. The molecule has 1 aromatic heterocycles. The Balaban J connectivity index is 1.44. The van der Waals surface area contributed by atoms with Gasteiger partial charge < -0.3 is 4.90 Å². The van der Waals surface area contributed by atoms with Crippen molar-refractivity contribution in [3.8, 4) is 11.8 Å². The minimum absolute atomic E-state index is 0.152. The lowest BCUT2D eigenvalue weighted by Crippen LogP contribution is -2.53. The zero-order valence-corrected chi connectivity index (χ0v) is 21.6. The van der Waals surface area contributed by atoms with Crippen molar-refractivity contribution in [1.82, 2.24) is 9.88 Å². The SMILES string of the molecule is CC#CC(=O)N1CCCCC1C1=C2C=NC=C[N+]2(N)C(c2ccc(C(=O)Nc3ncc(CC)s3)cc2)=N1. The van der Waals surface area contributed by atoms with Gasteiger partial charge in [-0.2, -0.15) is 10.8 Å². The van der Waals surface area contributed by atoms with Crippen LogP contribution >= 0.6 is 11.3 Å². The van der Waals surface area contributed by atoms with Crippen molar-refractivity contribution in [3.63, 3.8) is 0 Å². The van der Waals surface area contributed by atoms with Gasteiger partial charge in [0, 0.05) is 23.2 Å².